The molecule has 0 unspecified atom stereocenters. The van der Waals surface area contributed by atoms with Crippen LogP contribution in [0.1, 0.15) is 58.8 Å². The van der Waals surface area contributed by atoms with Crippen molar-refractivity contribution in [3.63, 3.8) is 0 Å². The van der Waals surface area contributed by atoms with Gasteiger partial charge in [-0.2, -0.15) is 0 Å². The smallest absolute Gasteiger partial charge is 0.190 e. The minimum absolute atomic E-state index is 0.111. The van der Waals surface area contributed by atoms with Crippen LogP contribution in [0.2, 0.25) is 0 Å². The molecule has 7 atom stereocenters. The van der Waals surface area contributed by atoms with E-state index in [0.717, 1.165) is 31.3 Å². The van der Waals surface area contributed by atoms with Gasteiger partial charge in [0.1, 0.15) is 12.2 Å². The molecule has 4 aliphatic rings. The zero-order valence-electron chi connectivity index (χ0n) is 15.7. The molecule has 4 aliphatic carbocycles. The Bertz CT molecular complexity index is 684. The standard InChI is InChI=1S/C21H30O5/c1-19-6-3-12(23)9-16(19)17(24)10-13-14(19)4-7-20(2)15(13)5-8-21(20,26)18(25)11-22/h9,13-15,17,22,24,26H,3-8,10-11H2,1-2H3/t13-,14+,15+,17-,19-,20+,21-/m1/s1. The summed E-state index contributed by atoms with van der Waals surface area (Å²) in [6.07, 6.45) is 5.74. The van der Waals surface area contributed by atoms with Crippen molar-refractivity contribution in [1.29, 1.82) is 0 Å². The molecular formula is C21H30O5. The van der Waals surface area contributed by atoms with Crippen LogP contribution in [-0.4, -0.2) is 45.2 Å². The second-order valence-electron chi connectivity index (χ2n) is 9.55. The van der Waals surface area contributed by atoms with Gasteiger partial charge in [-0.25, -0.2) is 0 Å². The van der Waals surface area contributed by atoms with Crippen LogP contribution in [0.5, 0.6) is 0 Å². The SMILES string of the molecule is C[C@]12CCC(=O)C=C1[C@H](O)C[C@@H]1[C@@H]2CC[C@@]2(C)[C@H]1CC[C@@]2(O)C(=O)CO. The van der Waals surface area contributed by atoms with Gasteiger partial charge in [-0.1, -0.05) is 13.8 Å². The first-order chi connectivity index (χ1) is 12.2. The van der Waals surface area contributed by atoms with Crippen molar-refractivity contribution in [2.75, 3.05) is 6.61 Å². The minimum Gasteiger partial charge on any atom is -0.389 e. The third kappa shape index (κ3) is 2.14. The molecule has 0 spiro atoms. The molecule has 3 saturated carbocycles. The van der Waals surface area contributed by atoms with Gasteiger partial charge < -0.3 is 15.3 Å². The van der Waals surface area contributed by atoms with Crippen molar-refractivity contribution in [2.45, 2.75) is 70.5 Å². The first kappa shape index (κ1) is 18.3. The number of aliphatic hydroxyl groups is 3. The average Bonchev–Trinajstić information content (AvgIpc) is 2.88. The van der Waals surface area contributed by atoms with Gasteiger partial charge in [0.25, 0.3) is 0 Å². The Morgan fingerprint density at radius 1 is 1.19 bits per heavy atom. The third-order valence-corrected chi connectivity index (χ3v) is 8.73. The number of fused-ring (bicyclic) bond motifs is 5. The summed E-state index contributed by atoms with van der Waals surface area (Å²) in [7, 11) is 0. The van der Waals surface area contributed by atoms with E-state index in [2.05, 4.69) is 6.92 Å². The summed E-state index contributed by atoms with van der Waals surface area (Å²) in [6, 6.07) is 0. The number of carbonyl (C=O) groups is 2. The number of Topliss-reactive ketones (excluding diaryl/α,β-unsaturated/α-hetero) is 1. The topological polar surface area (TPSA) is 94.8 Å². The van der Waals surface area contributed by atoms with Crippen molar-refractivity contribution >= 4 is 11.6 Å². The quantitative estimate of drug-likeness (QED) is 0.696. The van der Waals surface area contributed by atoms with Crippen LogP contribution in [0.25, 0.3) is 0 Å². The second-order valence-corrected chi connectivity index (χ2v) is 9.55. The Balaban J connectivity index is 1.72. The maximum atomic E-state index is 12.4. The number of hydrogen-bond donors (Lipinski definition) is 3. The van der Waals surface area contributed by atoms with Crippen LogP contribution in [0.4, 0.5) is 0 Å². The van der Waals surface area contributed by atoms with E-state index in [1.807, 2.05) is 6.92 Å². The molecular weight excluding hydrogens is 332 g/mol. The monoisotopic (exact) mass is 362 g/mol. The predicted octanol–water partition coefficient (Wildman–Crippen LogP) is 1.78. The largest absolute Gasteiger partial charge is 0.389 e. The highest BCUT2D eigenvalue weighted by Crippen LogP contribution is 2.67. The van der Waals surface area contributed by atoms with Gasteiger partial charge in [0, 0.05) is 11.8 Å². The Hall–Kier alpha value is -1.04. The molecule has 5 nitrogen and oxygen atoms in total. The van der Waals surface area contributed by atoms with Gasteiger partial charge in [0.05, 0.1) is 6.10 Å². The fourth-order valence-corrected chi connectivity index (χ4v) is 7.21. The lowest BCUT2D eigenvalue weighted by Gasteiger charge is -2.59. The summed E-state index contributed by atoms with van der Waals surface area (Å²) in [6.45, 7) is 3.56. The molecule has 0 heterocycles. The van der Waals surface area contributed by atoms with Gasteiger partial charge in [0.2, 0.25) is 0 Å². The summed E-state index contributed by atoms with van der Waals surface area (Å²) >= 11 is 0. The average molecular weight is 362 g/mol. The predicted molar refractivity (Wildman–Crippen MR) is 95.1 cm³/mol. The molecule has 0 amide bonds. The van der Waals surface area contributed by atoms with Crippen molar-refractivity contribution in [1.82, 2.24) is 0 Å². The lowest BCUT2D eigenvalue weighted by atomic mass is 9.45. The maximum absolute atomic E-state index is 12.4. The lowest BCUT2D eigenvalue weighted by Crippen LogP contribution is -2.59. The van der Waals surface area contributed by atoms with E-state index in [1.54, 1.807) is 6.08 Å². The van der Waals surface area contributed by atoms with E-state index in [0.29, 0.717) is 25.2 Å². The highest BCUT2D eigenvalue weighted by Gasteiger charge is 2.66. The molecule has 0 aromatic carbocycles. The highest BCUT2D eigenvalue weighted by atomic mass is 16.3. The van der Waals surface area contributed by atoms with Gasteiger partial charge in [0.15, 0.2) is 11.6 Å². The summed E-state index contributed by atoms with van der Waals surface area (Å²) < 4.78 is 0. The van der Waals surface area contributed by atoms with Gasteiger partial charge in [-0.3, -0.25) is 9.59 Å². The van der Waals surface area contributed by atoms with Crippen LogP contribution in [-0.2, 0) is 9.59 Å². The maximum Gasteiger partial charge on any atom is 0.190 e. The molecule has 0 saturated heterocycles. The first-order valence-electron chi connectivity index (χ1n) is 9.97. The number of ketones is 2. The van der Waals surface area contributed by atoms with Crippen LogP contribution < -0.4 is 0 Å². The van der Waals surface area contributed by atoms with Crippen molar-refractivity contribution in [3.8, 4) is 0 Å². The van der Waals surface area contributed by atoms with Crippen LogP contribution >= 0.6 is 0 Å². The molecule has 0 aromatic rings. The van der Waals surface area contributed by atoms with Crippen LogP contribution in [0.3, 0.4) is 0 Å². The molecule has 3 fully saturated rings. The van der Waals surface area contributed by atoms with Gasteiger partial charge in [-0.05, 0) is 73.3 Å². The second kappa shape index (κ2) is 5.73. The van der Waals surface area contributed by atoms with E-state index in [4.69, 9.17) is 0 Å². The zero-order chi connectivity index (χ0) is 18.9. The number of carbonyl (C=O) groups excluding carboxylic acids is 2. The Labute approximate surface area is 154 Å². The third-order valence-electron chi connectivity index (χ3n) is 8.73. The summed E-state index contributed by atoms with van der Waals surface area (Å²) in [5, 5.41) is 31.4. The fourth-order valence-electron chi connectivity index (χ4n) is 7.21. The molecule has 5 heteroatoms. The van der Waals surface area contributed by atoms with E-state index < -0.39 is 29.5 Å². The Morgan fingerprint density at radius 3 is 2.58 bits per heavy atom. The Morgan fingerprint density at radius 2 is 1.88 bits per heavy atom. The normalized spacial score (nSPS) is 50.5. The van der Waals surface area contributed by atoms with E-state index in [-0.39, 0.29) is 23.0 Å². The summed E-state index contributed by atoms with van der Waals surface area (Å²) in [5.41, 5.74) is -1.27. The fraction of sp³-hybridized carbons (Fsp3) is 0.810. The molecule has 26 heavy (non-hydrogen) atoms. The molecule has 0 radical (unpaired) electrons. The van der Waals surface area contributed by atoms with Gasteiger partial charge >= 0.3 is 0 Å². The van der Waals surface area contributed by atoms with Crippen molar-refractivity contribution < 1.29 is 24.9 Å². The number of hydrogen-bond acceptors (Lipinski definition) is 5. The van der Waals surface area contributed by atoms with E-state index >= 15 is 0 Å². The first-order valence-corrected chi connectivity index (χ1v) is 9.97. The van der Waals surface area contributed by atoms with Crippen LogP contribution in [0.15, 0.2) is 11.6 Å². The zero-order valence-corrected chi connectivity index (χ0v) is 15.7. The highest BCUT2D eigenvalue weighted by molar-refractivity contribution is 5.92. The number of aliphatic hydroxyl groups excluding tert-OH is 2. The number of rotatable bonds is 2. The van der Waals surface area contributed by atoms with Crippen molar-refractivity contribution in [3.05, 3.63) is 11.6 Å². The van der Waals surface area contributed by atoms with Gasteiger partial charge in [-0.15, -0.1) is 0 Å². The van der Waals surface area contributed by atoms with E-state index in [1.165, 1.54) is 0 Å². The van der Waals surface area contributed by atoms with Crippen LogP contribution in [0, 0.1) is 28.6 Å². The van der Waals surface area contributed by atoms with E-state index in [9.17, 15) is 24.9 Å². The summed E-state index contributed by atoms with van der Waals surface area (Å²) in [5.74, 6) is 0.411. The molecule has 0 aliphatic heterocycles. The molecule has 0 bridgehead atoms. The summed E-state index contributed by atoms with van der Waals surface area (Å²) in [4.78, 5) is 24.3. The minimum atomic E-state index is -1.46. The molecule has 144 valence electrons. The molecule has 3 N–H and O–H groups in total. The van der Waals surface area contributed by atoms with Crippen molar-refractivity contribution in [2.24, 2.45) is 28.6 Å². The molecule has 0 aromatic heterocycles. The lowest BCUT2D eigenvalue weighted by molar-refractivity contribution is -0.166. The Kier molecular flexibility index (Phi) is 4.04. The molecule has 4 rings (SSSR count).